The van der Waals surface area contributed by atoms with Gasteiger partial charge in [0, 0.05) is 5.56 Å². The number of hydrogen-bond acceptors (Lipinski definition) is 4. The second-order valence-corrected chi connectivity index (χ2v) is 10.1. The summed E-state index contributed by atoms with van der Waals surface area (Å²) in [4.78, 5) is 13.1. The van der Waals surface area contributed by atoms with Crippen LogP contribution in [-0.4, -0.2) is 21.9 Å². The Balaban J connectivity index is 1.18. The monoisotopic (exact) mass is 562 g/mol. The first-order chi connectivity index (χ1) is 21.1. The SMILES string of the molecule is Cc1ccccc1-n1nc(C(=O)N/N=C\c2ccc(OCc3ccccc3)cc2)cc1-c1ccc(-c2ccccc2)cc1. The van der Waals surface area contributed by atoms with Crippen molar-refractivity contribution in [2.75, 3.05) is 0 Å². The second-order valence-electron chi connectivity index (χ2n) is 10.1. The van der Waals surface area contributed by atoms with Crippen molar-refractivity contribution in [2.45, 2.75) is 13.5 Å². The van der Waals surface area contributed by atoms with Gasteiger partial charge in [-0.3, -0.25) is 4.79 Å². The van der Waals surface area contributed by atoms with Gasteiger partial charge in [0.15, 0.2) is 5.69 Å². The number of amides is 1. The minimum atomic E-state index is -0.395. The van der Waals surface area contributed by atoms with E-state index in [0.29, 0.717) is 6.61 Å². The average Bonchev–Trinajstić information content (AvgIpc) is 3.51. The van der Waals surface area contributed by atoms with Crippen molar-refractivity contribution < 1.29 is 9.53 Å². The Morgan fingerprint density at radius 2 is 1.40 bits per heavy atom. The van der Waals surface area contributed by atoms with E-state index in [1.165, 1.54) is 0 Å². The van der Waals surface area contributed by atoms with E-state index in [-0.39, 0.29) is 5.69 Å². The smallest absolute Gasteiger partial charge is 0.291 e. The Labute approximate surface area is 250 Å². The number of hydrogen-bond donors (Lipinski definition) is 1. The molecule has 0 aliphatic heterocycles. The highest BCUT2D eigenvalue weighted by molar-refractivity contribution is 5.94. The zero-order valence-electron chi connectivity index (χ0n) is 23.7. The quantitative estimate of drug-likeness (QED) is 0.144. The van der Waals surface area contributed by atoms with Crippen LogP contribution in [-0.2, 0) is 6.61 Å². The molecule has 5 aromatic carbocycles. The number of nitrogens with zero attached hydrogens (tertiary/aromatic N) is 3. The van der Waals surface area contributed by atoms with Crippen molar-refractivity contribution in [3.63, 3.8) is 0 Å². The first-order valence-electron chi connectivity index (χ1n) is 14.1. The first kappa shape index (κ1) is 27.4. The van der Waals surface area contributed by atoms with Crippen LogP contribution in [0.3, 0.4) is 0 Å². The van der Waals surface area contributed by atoms with E-state index in [1.807, 2.05) is 109 Å². The van der Waals surface area contributed by atoms with Crippen molar-refractivity contribution in [2.24, 2.45) is 5.10 Å². The number of hydrazone groups is 1. The molecule has 0 unspecified atom stereocenters. The predicted octanol–water partition coefficient (Wildman–Crippen LogP) is 7.86. The summed E-state index contributed by atoms with van der Waals surface area (Å²) in [6.45, 7) is 2.53. The fourth-order valence-corrected chi connectivity index (χ4v) is 4.76. The van der Waals surface area contributed by atoms with Gasteiger partial charge >= 0.3 is 0 Å². The van der Waals surface area contributed by atoms with Crippen LogP contribution in [0, 0.1) is 6.92 Å². The van der Waals surface area contributed by atoms with Crippen molar-refractivity contribution in [1.29, 1.82) is 0 Å². The molecule has 6 rings (SSSR count). The zero-order valence-corrected chi connectivity index (χ0v) is 23.7. The molecule has 0 saturated heterocycles. The number of para-hydroxylation sites is 1. The molecule has 0 bridgehead atoms. The van der Waals surface area contributed by atoms with Crippen molar-refractivity contribution >= 4 is 12.1 Å². The van der Waals surface area contributed by atoms with Crippen molar-refractivity contribution in [3.8, 4) is 33.8 Å². The van der Waals surface area contributed by atoms with Gasteiger partial charge in [-0.1, -0.05) is 103 Å². The lowest BCUT2D eigenvalue weighted by Crippen LogP contribution is -2.18. The molecule has 6 heteroatoms. The summed E-state index contributed by atoms with van der Waals surface area (Å²) < 4.78 is 7.67. The molecule has 0 radical (unpaired) electrons. The summed E-state index contributed by atoms with van der Waals surface area (Å²) in [6.07, 6.45) is 1.60. The van der Waals surface area contributed by atoms with Crippen LogP contribution in [0.15, 0.2) is 145 Å². The van der Waals surface area contributed by atoms with Gasteiger partial charge in [-0.05, 0) is 71.1 Å². The zero-order chi connectivity index (χ0) is 29.4. The predicted molar refractivity (Wildman–Crippen MR) is 171 cm³/mol. The van der Waals surface area contributed by atoms with Gasteiger partial charge in [0.1, 0.15) is 12.4 Å². The number of rotatable bonds is 9. The number of aryl methyl sites for hydroxylation is 1. The van der Waals surface area contributed by atoms with Crippen LogP contribution in [0.5, 0.6) is 5.75 Å². The minimum Gasteiger partial charge on any atom is -0.489 e. The summed E-state index contributed by atoms with van der Waals surface area (Å²) in [5, 5.41) is 8.87. The summed E-state index contributed by atoms with van der Waals surface area (Å²) in [6, 6.07) is 45.9. The first-order valence-corrected chi connectivity index (χ1v) is 14.1. The molecule has 0 atom stereocenters. The molecule has 1 amide bonds. The normalized spacial score (nSPS) is 11.0. The van der Waals surface area contributed by atoms with Crippen molar-refractivity contribution in [3.05, 3.63) is 162 Å². The minimum absolute atomic E-state index is 0.271. The molecule has 210 valence electrons. The number of carbonyl (C=O) groups excluding carboxylic acids is 1. The summed E-state index contributed by atoms with van der Waals surface area (Å²) >= 11 is 0. The molecule has 6 nitrogen and oxygen atoms in total. The number of ether oxygens (including phenoxy) is 1. The maximum atomic E-state index is 13.1. The van der Waals surface area contributed by atoms with E-state index in [9.17, 15) is 4.79 Å². The second kappa shape index (κ2) is 12.8. The van der Waals surface area contributed by atoms with Crippen molar-refractivity contribution in [1.82, 2.24) is 15.2 Å². The van der Waals surface area contributed by atoms with Gasteiger partial charge in [-0.2, -0.15) is 10.2 Å². The molecule has 1 aromatic heterocycles. The fraction of sp³-hybridized carbons (Fsp3) is 0.0541. The highest BCUT2D eigenvalue weighted by Crippen LogP contribution is 2.28. The van der Waals surface area contributed by atoms with Gasteiger partial charge in [-0.25, -0.2) is 10.1 Å². The maximum absolute atomic E-state index is 13.1. The number of carbonyl (C=O) groups is 1. The highest BCUT2D eigenvalue weighted by Gasteiger charge is 2.17. The van der Waals surface area contributed by atoms with E-state index < -0.39 is 5.91 Å². The molecule has 0 spiro atoms. The molecule has 1 heterocycles. The lowest BCUT2D eigenvalue weighted by molar-refractivity contribution is 0.0949. The third-order valence-corrected chi connectivity index (χ3v) is 7.08. The Bertz CT molecular complexity index is 1840. The van der Waals surface area contributed by atoms with Gasteiger partial charge in [0.05, 0.1) is 17.6 Å². The molecular weight excluding hydrogens is 532 g/mol. The van der Waals surface area contributed by atoms with Crippen LogP contribution in [0.4, 0.5) is 0 Å². The van der Waals surface area contributed by atoms with Gasteiger partial charge < -0.3 is 4.74 Å². The molecule has 0 aliphatic rings. The summed E-state index contributed by atoms with van der Waals surface area (Å²) in [5.74, 6) is 0.365. The molecule has 1 N–H and O–H groups in total. The van der Waals surface area contributed by atoms with Gasteiger partial charge in [0.25, 0.3) is 5.91 Å². The van der Waals surface area contributed by atoms with E-state index in [1.54, 1.807) is 12.3 Å². The number of aromatic nitrogens is 2. The molecule has 43 heavy (non-hydrogen) atoms. The lowest BCUT2D eigenvalue weighted by atomic mass is 10.0. The number of nitrogens with one attached hydrogen (secondary N) is 1. The van der Waals surface area contributed by atoms with E-state index >= 15 is 0 Å². The third kappa shape index (κ3) is 6.60. The van der Waals surface area contributed by atoms with E-state index in [2.05, 4.69) is 46.9 Å². The van der Waals surface area contributed by atoms with Gasteiger partial charge in [0.2, 0.25) is 0 Å². The average molecular weight is 563 g/mol. The molecular formula is C37H30N4O2. The summed E-state index contributed by atoms with van der Waals surface area (Å²) in [7, 11) is 0. The Kier molecular flexibility index (Phi) is 8.18. The maximum Gasteiger partial charge on any atom is 0.291 e. The topological polar surface area (TPSA) is 68.5 Å². The van der Waals surface area contributed by atoms with E-state index in [0.717, 1.165) is 50.5 Å². The van der Waals surface area contributed by atoms with Crippen LogP contribution >= 0.6 is 0 Å². The third-order valence-electron chi connectivity index (χ3n) is 7.08. The van der Waals surface area contributed by atoms with Crippen LogP contribution in [0.2, 0.25) is 0 Å². The molecule has 0 saturated carbocycles. The summed E-state index contributed by atoms with van der Waals surface area (Å²) in [5.41, 5.74) is 10.8. The Morgan fingerprint density at radius 1 is 0.767 bits per heavy atom. The Morgan fingerprint density at radius 3 is 2.12 bits per heavy atom. The van der Waals surface area contributed by atoms with Crippen LogP contribution in [0.1, 0.15) is 27.2 Å². The largest absolute Gasteiger partial charge is 0.489 e. The van der Waals surface area contributed by atoms with Crippen LogP contribution < -0.4 is 10.2 Å². The van der Waals surface area contributed by atoms with Crippen LogP contribution in [0.25, 0.3) is 28.1 Å². The molecule has 0 fully saturated rings. The molecule has 0 aliphatic carbocycles. The van der Waals surface area contributed by atoms with E-state index in [4.69, 9.17) is 9.84 Å². The van der Waals surface area contributed by atoms with Gasteiger partial charge in [-0.15, -0.1) is 0 Å². The highest BCUT2D eigenvalue weighted by atomic mass is 16.5. The number of benzene rings is 5. The fourth-order valence-electron chi connectivity index (χ4n) is 4.76. The molecule has 6 aromatic rings. The lowest BCUT2D eigenvalue weighted by Gasteiger charge is -2.11. The standard InChI is InChI=1S/C37H30N4O2/c1-27-10-8-9-15-35(27)41-36(32-20-18-31(19-21-32)30-13-6-3-7-14-30)24-34(40-41)37(42)39-38-25-28-16-22-33(23-17-28)43-26-29-11-4-2-5-12-29/h2-25H,26H2,1H3,(H,39,42)/b38-25-. The Hall–Kier alpha value is -5.75.